The smallest absolute Gasteiger partial charge is 0.143 e. The predicted octanol–water partition coefficient (Wildman–Crippen LogP) is 3.29. The molecule has 0 bridgehead atoms. The molecule has 4 rings (SSSR count). The highest BCUT2D eigenvalue weighted by Crippen LogP contribution is 2.38. The van der Waals surface area contributed by atoms with Crippen LogP contribution < -0.4 is 10.1 Å². The van der Waals surface area contributed by atoms with Gasteiger partial charge in [-0.1, -0.05) is 12.1 Å². The SMILES string of the molecule is COc1cccc2c3cc4c(c(C)c3n(C)c12)CCNC4. The minimum atomic E-state index is 0.946. The van der Waals surface area contributed by atoms with Crippen LogP contribution in [-0.4, -0.2) is 18.2 Å². The lowest BCUT2D eigenvalue weighted by molar-refractivity contribution is 0.418. The number of aryl methyl sites for hydroxylation is 2. The fraction of sp³-hybridized carbons (Fsp3) is 0.333. The molecule has 0 fully saturated rings. The monoisotopic (exact) mass is 280 g/mol. The van der Waals surface area contributed by atoms with Crippen molar-refractivity contribution in [3.8, 4) is 5.75 Å². The molecule has 0 amide bonds. The van der Waals surface area contributed by atoms with Gasteiger partial charge in [-0.15, -0.1) is 0 Å². The van der Waals surface area contributed by atoms with Crippen molar-refractivity contribution in [2.75, 3.05) is 13.7 Å². The maximum absolute atomic E-state index is 5.57. The molecule has 0 saturated heterocycles. The Balaban J connectivity index is 2.21. The Morgan fingerprint density at radius 1 is 1.19 bits per heavy atom. The quantitative estimate of drug-likeness (QED) is 0.740. The van der Waals surface area contributed by atoms with Crippen molar-refractivity contribution in [2.45, 2.75) is 19.9 Å². The predicted molar refractivity (Wildman–Crippen MR) is 87.1 cm³/mol. The topological polar surface area (TPSA) is 26.2 Å². The van der Waals surface area contributed by atoms with E-state index in [1.54, 1.807) is 7.11 Å². The number of nitrogens with one attached hydrogen (secondary N) is 1. The molecule has 1 N–H and O–H groups in total. The summed E-state index contributed by atoms with van der Waals surface area (Å²) in [6.45, 7) is 4.32. The summed E-state index contributed by atoms with van der Waals surface area (Å²) in [6.07, 6.45) is 1.12. The van der Waals surface area contributed by atoms with Gasteiger partial charge in [-0.25, -0.2) is 0 Å². The average molecular weight is 280 g/mol. The summed E-state index contributed by atoms with van der Waals surface area (Å²) < 4.78 is 7.86. The highest BCUT2D eigenvalue weighted by atomic mass is 16.5. The van der Waals surface area contributed by atoms with Crippen LogP contribution in [0.15, 0.2) is 24.3 Å². The van der Waals surface area contributed by atoms with Crippen LogP contribution in [-0.2, 0) is 20.0 Å². The molecular weight excluding hydrogens is 260 g/mol. The first-order chi connectivity index (χ1) is 10.2. The zero-order chi connectivity index (χ0) is 14.6. The third-order valence-electron chi connectivity index (χ3n) is 4.82. The third kappa shape index (κ3) is 1.64. The number of methoxy groups -OCH3 is 1. The fourth-order valence-electron chi connectivity index (χ4n) is 3.86. The molecule has 0 saturated carbocycles. The summed E-state index contributed by atoms with van der Waals surface area (Å²) in [5.74, 6) is 0.946. The van der Waals surface area contributed by atoms with Crippen LogP contribution >= 0.6 is 0 Å². The van der Waals surface area contributed by atoms with Gasteiger partial charge in [0, 0.05) is 24.4 Å². The molecule has 0 atom stereocenters. The lowest BCUT2D eigenvalue weighted by Crippen LogP contribution is -2.24. The Morgan fingerprint density at radius 2 is 2.05 bits per heavy atom. The van der Waals surface area contributed by atoms with Gasteiger partial charge < -0.3 is 14.6 Å². The zero-order valence-corrected chi connectivity index (χ0v) is 12.8. The first kappa shape index (κ1) is 12.7. The largest absolute Gasteiger partial charge is 0.495 e. The van der Waals surface area contributed by atoms with E-state index in [9.17, 15) is 0 Å². The van der Waals surface area contributed by atoms with Gasteiger partial charge in [-0.2, -0.15) is 0 Å². The molecule has 1 aromatic heterocycles. The molecule has 1 aliphatic heterocycles. The number of benzene rings is 2. The average Bonchev–Trinajstić information content (AvgIpc) is 2.81. The van der Waals surface area contributed by atoms with Gasteiger partial charge in [-0.05, 0) is 48.7 Å². The van der Waals surface area contributed by atoms with E-state index < -0.39 is 0 Å². The first-order valence-electron chi connectivity index (χ1n) is 7.49. The number of hydrogen-bond donors (Lipinski definition) is 1. The van der Waals surface area contributed by atoms with Crippen molar-refractivity contribution in [3.63, 3.8) is 0 Å². The second-order valence-electron chi connectivity index (χ2n) is 5.88. The number of nitrogens with zero attached hydrogens (tertiary/aromatic N) is 1. The van der Waals surface area contributed by atoms with E-state index >= 15 is 0 Å². The summed E-state index contributed by atoms with van der Waals surface area (Å²) in [6, 6.07) is 8.68. The Labute approximate surface area is 124 Å². The van der Waals surface area contributed by atoms with Crippen LogP contribution in [0, 0.1) is 6.92 Å². The molecule has 108 valence electrons. The van der Waals surface area contributed by atoms with E-state index in [0.29, 0.717) is 0 Å². The van der Waals surface area contributed by atoms with Crippen LogP contribution in [0.1, 0.15) is 16.7 Å². The van der Waals surface area contributed by atoms with Gasteiger partial charge in [0.1, 0.15) is 5.75 Å². The van der Waals surface area contributed by atoms with Gasteiger partial charge in [0.15, 0.2) is 0 Å². The zero-order valence-electron chi connectivity index (χ0n) is 12.8. The summed E-state index contributed by atoms with van der Waals surface area (Å²) >= 11 is 0. The molecule has 21 heavy (non-hydrogen) atoms. The number of aromatic nitrogens is 1. The van der Waals surface area contributed by atoms with Crippen LogP contribution in [0.5, 0.6) is 5.75 Å². The molecule has 2 heterocycles. The normalized spacial score (nSPS) is 14.6. The Kier molecular flexibility index (Phi) is 2.73. The Hall–Kier alpha value is -2.00. The lowest BCUT2D eigenvalue weighted by Gasteiger charge is -2.20. The molecule has 0 unspecified atom stereocenters. The molecule has 3 heteroatoms. The van der Waals surface area contributed by atoms with Crippen molar-refractivity contribution in [1.82, 2.24) is 9.88 Å². The molecule has 0 spiro atoms. The van der Waals surface area contributed by atoms with E-state index in [1.165, 1.54) is 38.5 Å². The number of hydrogen-bond acceptors (Lipinski definition) is 2. The van der Waals surface area contributed by atoms with E-state index in [-0.39, 0.29) is 0 Å². The van der Waals surface area contributed by atoms with Gasteiger partial charge in [-0.3, -0.25) is 0 Å². The molecule has 3 aromatic rings. The van der Waals surface area contributed by atoms with E-state index in [4.69, 9.17) is 4.74 Å². The molecular formula is C18H20N2O. The van der Waals surface area contributed by atoms with Crippen molar-refractivity contribution < 1.29 is 4.74 Å². The van der Waals surface area contributed by atoms with Crippen LogP contribution in [0.4, 0.5) is 0 Å². The number of para-hydroxylation sites is 1. The Morgan fingerprint density at radius 3 is 2.86 bits per heavy atom. The van der Waals surface area contributed by atoms with Crippen molar-refractivity contribution in [2.24, 2.45) is 7.05 Å². The maximum Gasteiger partial charge on any atom is 0.143 e. The van der Waals surface area contributed by atoms with Crippen LogP contribution in [0.3, 0.4) is 0 Å². The van der Waals surface area contributed by atoms with Gasteiger partial charge >= 0.3 is 0 Å². The highest BCUT2D eigenvalue weighted by molar-refractivity contribution is 6.11. The van der Waals surface area contributed by atoms with Crippen molar-refractivity contribution in [1.29, 1.82) is 0 Å². The fourth-order valence-corrected chi connectivity index (χ4v) is 3.86. The molecule has 3 nitrogen and oxygen atoms in total. The second kappa shape index (κ2) is 4.50. The molecule has 1 aliphatic rings. The van der Waals surface area contributed by atoms with Crippen LogP contribution in [0.2, 0.25) is 0 Å². The summed E-state index contributed by atoms with van der Waals surface area (Å²) in [5, 5.41) is 6.10. The van der Waals surface area contributed by atoms with E-state index in [1.807, 2.05) is 6.07 Å². The first-order valence-corrected chi connectivity index (χ1v) is 7.49. The molecule has 0 radical (unpaired) electrons. The summed E-state index contributed by atoms with van der Waals surface area (Å²) in [4.78, 5) is 0. The van der Waals surface area contributed by atoms with Crippen molar-refractivity contribution >= 4 is 21.8 Å². The maximum atomic E-state index is 5.57. The van der Waals surface area contributed by atoms with E-state index in [0.717, 1.165) is 25.3 Å². The van der Waals surface area contributed by atoms with Crippen molar-refractivity contribution in [3.05, 3.63) is 41.0 Å². The van der Waals surface area contributed by atoms with Gasteiger partial charge in [0.05, 0.1) is 18.1 Å². The number of fused-ring (bicyclic) bond motifs is 4. The standard InChI is InChI=1S/C18H20N2O/c1-11-13-7-8-19-10-12(13)9-15-14-5-4-6-16(21-3)18(14)20(2)17(11)15/h4-6,9,19H,7-8,10H2,1-3H3. The summed E-state index contributed by atoms with van der Waals surface area (Å²) in [7, 11) is 3.89. The minimum Gasteiger partial charge on any atom is -0.495 e. The van der Waals surface area contributed by atoms with Gasteiger partial charge in [0.25, 0.3) is 0 Å². The minimum absolute atomic E-state index is 0.946. The Bertz CT molecular complexity index is 861. The summed E-state index contributed by atoms with van der Waals surface area (Å²) in [5.41, 5.74) is 6.92. The lowest BCUT2D eigenvalue weighted by atomic mass is 9.93. The molecule has 2 aromatic carbocycles. The third-order valence-corrected chi connectivity index (χ3v) is 4.82. The molecule has 0 aliphatic carbocycles. The second-order valence-corrected chi connectivity index (χ2v) is 5.88. The number of ether oxygens (including phenoxy) is 1. The van der Waals surface area contributed by atoms with Crippen LogP contribution in [0.25, 0.3) is 21.8 Å². The van der Waals surface area contributed by atoms with Gasteiger partial charge in [0.2, 0.25) is 0 Å². The number of rotatable bonds is 1. The highest BCUT2D eigenvalue weighted by Gasteiger charge is 2.19. The van der Waals surface area contributed by atoms with E-state index in [2.05, 4.69) is 42.1 Å².